The van der Waals surface area contributed by atoms with Gasteiger partial charge in [0.1, 0.15) is 5.75 Å². The van der Waals surface area contributed by atoms with Gasteiger partial charge in [0.15, 0.2) is 6.10 Å². The van der Waals surface area contributed by atoms with E-state index < -0.39 is 6.10 Å². The molecule has 5 heteroatoms. The van der Waals surface area contributed by atoms with Crippen LogP contribution >= 0.6 is 11.6 Å². The number of amides is 1. The van der Waals surface area contributed by atoms with Gasteiger partial charge in [0, 0.05) is 13.1 Å². The Kier molecular flexibility index (Phi) is 5.26. The fraction of sp³-hybridized carbons (Fsp3) is 0.533. The van der Waals surface area contributed by atoms with E-state index >= 15 is 0 Å². The molecular formula is C15H20ClNO3. The van der Waals surface area contributed by atoms with Gasteiger partial charge in [-0.25, -0.2) is 0 Å². The number of aliphatic hydroxyl groups is 1. The number of benzene rings is 1. The molecule has 4 nitrogen and oxygen atoms in total. The van der Waals surface area contributed by atoms with Gasteiger partial charge in [-0.3, -0.25) is 4.79 Å². The van der Waals surface area contributed by atoms with Crippen molar-refractivity contribution in [2.24, 2.45) is 0 Å². The van der Waals surface area contributed by atoms with Gasteiger partial charge in [0.25, 0.3) is 5.91 Å². The van der Waals surface area contributed by atoms with Crippen LogP contribution in [0.2, 0.25) is 5.02 Å². The molecular weight excluding hydrogens is 278 g/mol. The number of piperidine rings is 1. The molecule has 0 saturated carbocycles. The summed E-state index contributed by atoms with van der Waals surface area (Å²) in [4.78, 5) is 14.2. The van der Waals surface area contributed by atoms with Gasteiger partial charge in [0.2, 0.25) is 0 Å². The quantitative estimate of drug-likeness (QED) is 0.929. The summed E-state index contributed by atoms with van der Waals surface area (Å²) in [5, 5.41) is 10.00. The fourth-order valence-corrected chi connectivity index (χ4v) is 2.47. The van der Waals surface area contributed by atoms with E-state index in [-0.39, 0.29) is 12.0 Å². The number of aliphatic hydroxyl groups excluding tert-OH is 1. The average molecular weight is 298 g/mol. The summed E-state index contributed by atoms with van der Waals surface area (Å²) in [6, 6.07) is 7.16. The molecule has 1 atom stereocenters. The summed E-state index contributed by atoms with van der Waals surface area (Å²) >= 11 is 6.05. The third kappa shape index (κ3) is 3.64. The van der Waals surface area contributed by atoms with Crippen LogP contribution in [0.5, 0.6) is 5.75 Å². The van der Waals surface area contributed by atoms with E-state index in [2.05, 4.69) is 0 Å². The van der Waals surface area contributed by atoms with Gasteiger partial charge in [0.05, 0.1) is 11.1 Å². The smallest absolute Gasteiger partial charge is 0.263 e. The Hall–Kier alpha value is -1.26. The lowest BCUT2D eigenvalue weighted by Crippen LogP contribution is -2.46. The van der Waals surface area contributed by atoms with Crippen molar-refractivity contribution in [2.75, 3.05) is 13.1 Å². The Balaban J connectivity index is 2.01. The highest BCUT2D eigenvalue weighted by Crippen LogP contribution is 2.25. The van der Waals surface area contributed by atoms with Crippen LogP contribution in [0.1, 0.15) is 26.2 Å². The Morgan fingerprint density at radius 3 is 2.70 bits per heavy atom. The van der Waals surface area contributed by atoms with Gasteiger partial charge < -0.3 is 14.7 Å². The van der Waals surface area contributed by atoms with E-state index in [4.69, 9.17) is 16.3 Å². The molecule has 1 fully saturated rings. The summed E-state index contributed by atoms with van der Waals surface area (Å²) in [6.07, 6.45) is 1.04. The third-order valence-corrected chi connectivity index (χ3v) is 3.84. The molecule has 0 aliphatic carbocycles. The number of carbonyl (C=O) groups excluding carboxylic acids is 1. The second-order valence-corrected chi connectivity index (χ2v) is 5.41. The van der Waals surface area contributed by atoms with Gasteiger partial charge in [-0.2, -0.15) is 0 Å². The highest BCUT2D eigenvalue weighted by Gasteiger charge is 2.28. The lowest BCUT2D eigenvalue weighted by molar-refractivity contribution is -0.140. The van der Waals surface area contributed by atoms with Crippen molar-refractivity contribution >= 4 is 17.5 Å². The summed E-state index contributed by atoms with van der Waals surface area (Å²) in [5.74, 6) is 0.505. The molecule has 1 amide bonds. The van der Waals surface area contributed by atoms with Gasteiger partial charge in [-0.05, 0) is 31.4 Å². The molecule has 0 aromatic heterocycles. The second kappa shape index (κ2) is 6.95. The molecule has 0 spiro atoms. The molecule has 1 aliphatic rings. The normalized spacial score (nSPS) is 17.9. The number of hydrogen-bond acceptors (Lipinski definition) is 3. The van der Waals surface area contributed by atoms with Crippen LogP contribution in [0, 0.1) is 0 Å². The number of rotatable bonds is 4. The molecule has 1 heterocycles. The van der Waals surface area contributed by atoms with Crippen LogP contribution in [0.4, 0.5) is 0 Å². The topological polar surface area (TPSA) is 49.8 Å². The number of halogens is 1. The minimum absolute atomic E-state index is 0.0284. The van der Waals surface area contributed by atoms with Crippen LogP contribution in [0.15, 0.2) is 24.3 Å². The molecule has 110 valence electrons. The number of nitrogens with zero attached hydrogens (tertiary/aromatic N) is 1. The van der Waals surface area contributed by atoms with Crippen molar-refractivity contribution < 1.29 is 14.6 Å². The van der Waals surface area contributed by atoms with Crippen molar-refractivity contribution in [3.8, 4) is 5.75 Å². The average Bonchev–Trinajstić information content (AvgIpc) is 2.46. The maximum absolute atomic E-state index is 12.4. The monoisotopic (exact) mass is 297 g/mol. The first-order valence-corrected chi connectivity index (χ1v) is 7.37. The minimum Gasteiger partial charge on any atom is -0.479 e. The Labute approximate surface area is 124 Å². The van der Waals surface area contributed by atoms with E-state index in [1.54, 1.807) is 17.0 Å². The van der Waals surface area contributed by atoms with Crippen LogP contribution in [-0.4, -0.2) is 41.2 Å². The fourth-order valence-electron chi connectivity index (χ4n) is 2.29. The molecule has 1 aliphatic heterocycles. The van der Waals surface area contributed by atoms with Crippen LogP contribution in [0.3, 0.4) is 0 Å². The lowest BCUT2D eigenvalue weighted by atomic mass is 10.1. The Morgan fingerprint density at radius 1 is 1.45 bits per heavy atom. The second-order valence-electron chi connectivity index (χ2n) is 5.00. The molecule has 1 N–H and O–H groups in total. The van der Waals surface area contributed by atoms with Gasteiger partial charge in [-0.1, -0.05) is 30.7 Å². The minimum atomic E-state index is -0.523. The van der Waals surface area contributed by atoms with Crippen molar-refractivity contribution in [2.45, 2.75) is 38.4 Å². The number of carbonyl (C=O) groups is 1. The highest BCUT2D eigenvalue weighted by molar-refractivity contribution is 6.32. The van der Waals surface area contributed by atoms with E-state index in [1.807, 2.05) is 19.1 Å². The van der Waals surface area contributed by atoms with Crippen LogP contribution < -0.4 is 4.74 Å². The number of hydrogen-bond donors (Lipinski definition) is 1. The van der Waals surface area contributed by atoms with Gasteiger partial charge >= 0.3 is 0 Å². The van der Waals surface area contributed by atoms with Crippen LogP contribution in [-0.2, 0) is 4.79 Å². The summed E-state index contributed by atoms with van der Waals surface area (Å²) in [7, 11) is 0. The van der Waals surface area contributed by atoms with Gasteiger partial charge in [-0.15, -0.1) is 0 Å². The first-order valence-electron chi connectivity index (χ1n) is 7.00. The number of likely N-dealkylation sites (tertiary alicyclic amines) is 1. The SMILES string of the molecule is CCC(Oc1ccccc1Cl)C(=O)N1CCC(O)CC1. The third-order valence-electron chi connectivity index (χ3n) is 3.53. The molecule has 2 rings (SSSR count). The van der Waals surface area contributed by atoms with E-state index in [9.17, 15) is 9.90 Å². The van der Waals surface area contributed by atoms with Crippen molar-refractivity contribution in [1.82, 2.24) is 4.90 Å². The maximum Gasteiger partial charge on any atom is 0.263 e. The molecule has 0 radical (unpaired) electrons. The van der Waals surface area contributed by atoms with E-state index in [0.29, 0.717) is 43.1 Å². The van der Waals surface area contributed by atoms with E-state index in [0.717, 1.165) is 0 Å². The van der Waals surface area contributed by atoms with Crippen molar-refractivity contribution in [1.29, 1.82) is 0 Å². The molecule has 1 aromatic carbocycles. The van der Waals surface area contributed by atoms with Crippen LogP contribution in [0.25, 0.3) is 0 Å². The molecule has 1 aromatic rings. The molecule has 0 bridgehead atoms. The highest BCUT2D eigenvalue weighted by atomic mass is 35.5. The molecule has 20 heavy (non-hydrogen) atoms. The number of ether oxygens (including phenoxy) is 1. The zero-order valence-electron chi connectivity index (χ0n) is 11.6. The lowest BCUT2D eigenvalue weighted by Gasteiger charge is -2.32. The molecule has 1 unspecified atom stereocenters. The van der Waals surface area contributed by atoms with Crippen molar-refractivity contribution in [3.05, 3.63) is 29.3 Å². The van der Waals surface area contributed by atoms with E-state index in [1.165, 1.54) is 0 Å². The largest absolute Gasteiger partial charge is 0.479 e. The summed E-state index contributed by atoms with van der Waals surface area (Å²) in [6.45, 7) is 3.09. The first kappa shape index (κ1) is 15.1. The summed E-state index contributed by atoms with van der Waals surface area (Å²) < 4.78 is 5.75. The first-order chi connectivity index (χ1) is 9.61. The predicted octanol–water partition coefficient (Wildman–Crippen LogP) is 2.48. The molecule has 1 saturated heterocycles. The maximum atomic E-state index is 12.4. The number of para-hydroxylation sites is 1. The standard InChI is InChI=1S/C15H20ClNO3/c1-2-13(20-14-6-4-3-5-12(14)16)15(19)17-9-7-11(18)8-10-17/h3-6,11,13,18H,2,7-10H2,1H3. The zero-order chi connectivity index (χ0) is 14.5. The Bertz CT molecular complexity index is 458. The zero-order valence-corrected chi connectivity index (χ0v) is 12.3. The predicted molar refractivity (Wildman–Crippen MR) is 78.0 cm³/mol. The summed E-state index contributed by atoms with van der Waals surface area (Å²) in [5.41, 5.74) is 0. The van der Waals surface area contributed by atoms with Crippen molar-refractivity contribution in [3.63, 3.8) is 0 Å². The Morgan fingerprint density at radius 2 is 2.10 bits per heavy atom.